The van der Waals surface area contributed by atoms with E-state index >= 15 is 0 Å². The number of anilines is 1. The van der Waals surface area contributed by atoms with Crippen LogP contribution in [0.2, 0.25) is 0 Å². The molecule has 1 aliphatic rings. The summed E-state index contributed by atoms with van der Waals surface area (Å²) in [5, 5.41) is 15.0. The number of non-ortho nitro benzene ring substituents is 1. The van der Waals surface area contributed by atoms with E-state index in [0.29, 0.717) is 16.4 Å². The van der Waals surface area contributed by atoms with Gasteiger partial charge in [0, 0.05) is 45.7 Å². The molecule has 0 amide bonds. The van der Waals surface area contributed by atoms with Crippen LogP contribution in [-0.4, -0.2) is 32.7 Å². The molecular formula is C32H25N5O4S2. The molecule has 1 aliphatic heterocycles. The molecule has 6 rings (SSSR count). The lowest BCUT2D eigenvalue weighted by molar-refractivity contribution is -0.384. The molecule has 9 nitrogen and oxygen atoms in total. The Balaban J connectivity index is 1.38. The number of carbonyl (C=O) groups excluding carboxylic acids is 1. The number of benzene rings is 3. The molecule has 11 heteroatoms. The number of nitrogens with zero attached hydrogens (tertiary/aromatic N) is 4. The van der Waals surface area contributed by atoms with E-state index in [1.54, 1.807) is 24.4 Å². The van der Waals surface area contributed by atoms with E-state index < -0.39 is 10.9 Å². The van der Waals surface area contributed by atoms with Crippen LogP contribution in [0.15, 0.2) is 125 Å². The first-order valence-corrected chi connectivity index (χ1v) is 14.5. The van der Waals surface area contributed by atoms with Gasteiger partial charge in [-0.15, -0.1) is 0 Å². The van der Waals surface area contributed by atoms with E-state index in [0.717, 1.165) is 26.9 Å². The molecule has 214 valence electrons. The summed E-state index contributed by atoms with van der Waals surface area (Å²) in [6.07, 6.45) is 3.69. The van der Waals surface area contributed by atoms with Crippen LogP contribution in [0.3, 0.4) is 0 Å². The van der Waals surface area contributed by atoms with Crippen molar-refractivity contribution in [1.29, 1.82) is 0 Å². The fourth-order valence-corrected chi connectivity index (χ4v) is 6.36. The van der Waals surface area contributed by atoms with Crippen LogP contribution in [0.4, 0.5) is 11.4 Å². The van der Waals surface area contributed by atoms with E-state index in [4.69, 9.17) is 17.0 Å². The van der Waals surface area contributed by atoms with Gasteiger partial charge in [-0.25, -0.2) is 4.79 Å². The molecule has 1 fully saturated rings. The molecular weight excluding hydrogens is 583 g/mol. The number of thiocarbonyl (C=S) groups is 1. The third-order valence-corrected chi connectivity index (χ3v) is 8.48. The van der Waals surface area contributed by atoms with Crippen LogP contribution in [0.1, 0.15) is 33.8 Å². The van der Waals surface area contributed by atoms with Crippen LogP contribution in [0.25, 0.3) is 5.69 Å². The normalized spacial score (nSPS) is 16.1. The van der Waals surface area contributed by atoms with Crippen molar-refractivity contribution in [3.63, 3.8) is 0 Å². The van der Waals surface area contributed by atoms with E-state index in [1.807, 2.05) is 83.6 Å². The summed E-state index contributed by atoms with van der Waals surface area (Å²) < 4.78 is 7.06. The third kappa shape index (κ3) is 5.60. The van der Waals surface area contributed by atoms with Gasteiger partial charge in [0.1, 0.15) is 6.04 Å². The Hall–Kier alpha value is -5.00. The molecule has 43 heavy (non-hydrogen) atoms. The lowest BCUT2D eigenvalue weighted by Gasteiger charge is -2.29. The first-order valence-electron chi connectivity index (χ1n) is 13.3. The van der Waals surface area contributed by atoms with Crippen molar-refractivity contribution in [3.05, 3.63) is 143 Å². The Labute approximate surface area is 257 Å². The van der Waals surface area contributed by atoms with Gasteiger partial charge in [0.05, 0.1) is 35.0 Å². The fourth-order valence-electron chi connectivity index (χ4n) is 5.20. The molecule has 2 atom stereocenters. The van der Waals surface area contributed by atoms with Crippen LogP contribution in [0.5, 0.6) is 0 Å². The van der Waals surface area contributed by atoms with E-state index in [-0.39, 0.29) is 17.8 Å². The molecule has 0 bridgehead atoms. The Kier molecular flexibility index (Phi) is 7.91. The number of esters is 1. The second-order valence-electron chi connectivity index (χ2n) is 9.66. The highest BCUT2D eigenvalue weighted by atomic mass is 32.2. The Morgan fingerprint density at radius 2 is 1.65 bits per heavy atom. The summed E-state index contributed by atoms with van der Waals surface area (Å²) in [5.74, 6) is -0.422. The molecule has 0 aliphatic carbocycles. The van der Waals surface area contributed by atoms with Gasteiger partial charge in [-0.2, -0.15) is 0 Å². The fraction of sp³-hybridized carbons (Fsp3) is 0.0938. The molecule has 2 aromatic heterocycles. The lowest BCUT2D eigenvalue weighted by Crippen LogP contribution is -2.30. The highest BCUT2D eigenvalue weighted by molar-refractivity contribution is 7.99. The van der Waals surface area contributed by atoms with Gasteiger partial charge in [0.2, 0.25) is 0 Å². The maximum Gasteiger partial charge on any atom is 0.339 e. The van der Waals surface area contributed by atoms with Crippen LogP contribution >= 0.6 is 24.0 Å². The van der Waals surface area contributed by atoms with Gasteiger partial charge < -0.3 is 19.5 Å². The number of carbonyl (C=O) groups is 1. The van der Waals surface area contributed by atoms with Gasteiger partial charge in [-0.3, -0.25) is 15.1 Å². The average molecular weight is 608 g/mol. The van der Waals surface area contributed by atoms with Gasteiger partial charge in [0.25, 0.3) is 5.69 Å². The SMILES string of the molecule is COC(=O)c1ccccc1-n1cccc1[C@@H]1[C@H](c2ccccn2)NC(=S)N1c1ccc(Sc2ccc([N+](=O)[O-])cc2)cc1. The van der Waals surface area contributed by atoms with Crippen molar-refractivity contribution < 1.29 is 14.5 Å². The number of nitrogens with one attached hydrogen (secondary N) is 1. The molecule has 3 aromatic carbocycles. The maximum atomic E-state index is 12.7. The van der Waals surface area contributed by atoms with E-state index in [9.17, 15) is 14.9 Å². The Morgan fingerprint density at radius 1 is 0.953 bits per heavy atom. The van der Waals surface area contributed by atoms with Gasteiger partial charge >= 0.3 is 5.97 Å². The monoisotopic (exact) mass is 607 g/mol. The minimum Gasteiger partial charge on any atom is -0.465 e. The summed E-state index contributed by atoms with van der Waals surface area (Å²) in [7, 11) is 1.37. The number of hydrogen-bond donors (Lipinski definition) is 1. The summed E-state index contributed by atoms with van der Waals surface area (Å²) in [5.41, 5.74) is 3.82. The smallest absolute Gasteiger partial charge is 0.339 e. The van der Waals surface area contributed by atoms with Crippen molar-refractivity contribution in [2.24, 2.45) is 0 Å². The predicted molar refractivity (Wildman–Crippen MR) is 169 cm³/mol. The second kappa shape index (κ2) is 12.1. The average Bonchev–Trinajstić information content (AvgIpc) is 3.66. The number of aromatic nitrogens is 2. The van der Waals surface area contributed by atoms with Crippen molar-refractivity contribution in [1.82, 2.24) is 14.9 Å². The molecule has 1 saturated heterocycles. The Bertz CT molecular complexity index is 1790. The quantitative estimate of drug-likeness (QED) is 0.0874. The zero-order chi connectivity index (χ0) is 29.9. The number of pyridine rings is 1. The molecule has 0 radical (unpaired) electrons. The summed E-state index contributed by atoms with van der Waals surface area (Å²) in [6.45, 7) is 0. The molecule has 0 unspecified atom stereocenters. The molecule has 0 saturated carbocycles. The predicted octanol–water partition coefficient (Wildman–Crippen LogP) is 6.90. The van der Waals surface area contributed by atoms with Gasteiger partial charge in [-0.1, -0.05) is 30.0 Å². The minimum atomic E-state index is -0.422. The van der Waals surface area contributed by atoms with Crippen molar-refractivity contribution >= 4 is 46.4 Å². The van der Waals surface area contributed by atoms with Crippen molar-refractivity contribution in [2.45, 2.75) is 21.9 Å². The van der Waals surface area contributed by atoms with Crippen LogP contribution in [0, 0.1) is 10.1 Å². The molecule has 0 spiro atoms. The number of para-hydroxylation sites is 1. The molecule has 5 aromatic rings. The van der Waals surface area contributed by atoms with Crippen LogP contribution < -0.4 is 10.2 Å². The molecule has 1 N–H and O–H groups in total. The summed E-state index contributed by atoms with van der Waals surface area (Å²) in [6, 6.07) is 31.0. The van der Waals surface area contributed by atoms with Gasteiger partial charge in [0.15, 0.2) is 5.11 Å². The topological polar surface area (TPSA) is 103 Å². The third-order valence-electron chi connectivity index (χ3n) is 7.15. The summed E-state index contributed by atoms with van der Waals surface area (Å²) in [4.78, 5) is 31.9. The zero-order valence-electron chi connectivity index (χ0n) is 22.9. The summed E-state index contributed by atoms with van der Waals surface area (Å²) >= 11 is 7.43. The lowest BCUT2D eigenvalue weighted by atomic mass is 10.0. The van der Waals surface area contributed by atoms with E-state index in [1.165, 1.54) is 31.0 Å². The standard InChI is InChI=1S/C32H25N5O4S2/c1-41-31(38)25-7-2-3-9-27(25)35-20-6-10-28(35)30-29(26-8-4-5-19-33-26)34-32(42)36(30)21-11-15-23(16-12-21)43-24-17-13-22(14-18-24)37(39)40/h2-20,29-30H,1H3,(H,34,42)/t29-,30+/m0/s1. The molecule has 3 heterocycles. The minimum absolute atomic E-state index is 0.0576. The Morgan fingerprint density at radius 3 is 2.33 bits per heavy atom. The number of hydrogen-bond acceptors (Lipinski definition) is 7. The number of ether oxygens (including phenoxy) is 1. The maximum absolute atomic E-state index is 12.7. The number of methoxy groups -OCH3 is 1. The van der Waals surface area contributed by atoms with Gasteiger partial charge in [-0.05, 0) is 85.0 Å². The number of nitro benzene ring substituents is 1. The van der Waals surface area contributed by atoms with Crippen molar-refractivity contribution in [2.75, 3.05) is 12.0 Å². The number of rotatable bonds is 8. The second-order valence-corrected chi connectivity index (χ2v) is 11.2. The zero-order valence-corrected chi connectivity index (χ0v) is 24.5. The number of nitro groups is 1. The highest BCUT2D eigenvalue weighted by Gasteiger charge is 2.42. The first-order chi connectivity index (χ1) is 20.9. The van der Waals surface area contributed by atoms with E-state index in [2.05, 4.69) is 15.2 Å². The van der Waals surface area contributed by atoms with Crippen molar-refractivity contribution in [3.8, 4) is 5.69 Å². The van der Waals surface area contributed by atoms with Crippen LogP contribution in [-0.2, 0) is 4.74 Å². The largest absolute Gasteiger partial charge is 0.465 e. The highest BCUT2D eigenvalue weighted by Crippen LogP contribution is 2.43. The first kappa shape index (κ1) is 28.1.